The molecule has 0 aliphatic heterocycles. The first-order chi connectivity index (χ1) is 4.09. The molecule has 0 rings (SSSR count). The molecule has 0 aliphatic carbocycles. The third-order valence-corrected chi connectivity index (χ3v) is 1.14. The molecule has 0 saturated heterocycles. The standard InChI is InChI=1S/C6H12O3/c1-3-5(8)6(9)4(2)7/h4,6-7,9H,3H2,1-2H3/t4-,6+/m1/s1. The van der Waals surface area contributed by atoms with Gasteiger partial charge in [0.25, 0.3) is 0 Å². The third-order valence-electron chi connectivity index (χ3n) is 1.14. The highest BCUT2D eigenvalue weighted by Gasteiger charge is 2.17. The van der Waals surface area contributed by atoms with E-state index in [4.69, 9.17) is 10.2 Å². The van der Waals surface area contributed by atoms with Crippen molar-refractivity contribution in [1.82, 2.24) is 0 Å². The van der Waals surface area contributed by atoms with Gasteiger partial charge in [0, 0.05) is 6.42 Å². The summed E-state index contributed by atoms with van der Waals surface area (Å²) in [5.41, 5.74) is 0. The van der Waals surface area contributed by atoms with Crippen molar-refractivity contribution in [3.8, 4) is 0 Å². The van der Waals surface area contributed by atoms with Crippen LogP contribution in [0.25, 0.3) is 0 Å². The molecule has 9 heavy (non-hydrogen) atoms. The van der Waals surface area contributed by atoms with E-state index in [9.17, 15) is 4.79 Å². The van der Waals surface area contributed by atoms with E-state index in [2.05, 4.69) is 0 Å². The van der Waals surface area contributed by atoms with Gasteiger partial charge in [0.15, 0.2) is 5.78 Å². The number of Topliss-reactive ketones (excluding diaryl/α,β-unsaturated/α-hetero) is 1. The maximum atomic E-state index is 10.5. The maximum Gasteiger partial charge on any atom is 0.163 e. The fraction of sp³-hybridized carbons (Fsp3) is 0.833. The normalized spacial score (nSPS) is 16.9. The molecule has 0 unspecified atom stereocenters. The number of rotatable bonds is 3. The summed E-state index contributed by atoms with van der Waals surface area (Å²) in [6, 6.07) is 0. The molecule has 0 saturated carbocycles. The Morgan fingerprint density at radius 2 is 2.00 bits per heavy atom. The summed E-state index contributed by atoms with van der Waals surface area (Å²) >= 11 is 0. The second kappa shape index (κ2) is 3.58. The zero-order chi connectivity index (χ0) is 7.44. The smallest absolute Gasteiger partial charge is 0.163 e. The van der Waals surface area contributed by atoms with Crippen LogP contribution in [-0.4, -0.2) is 28.2 Å². The van der Waals surface area contributed by atoms with Gasteiger partial charge in [0.2, 0.25) is 0 Å². The molecule has 0 aromatic carbocycles. The lowest BCUT2D eigenvalue weighted by molar-refractivity contribution is -0.131. The van der Waals surface area contributed by atoms with Gasteiger partial charge in [-0.3, -0.25) is 4.79 Å². The number of hydrogen-bond acceptors (Lipinski definition) is 3. The number of carbonyl (C=O) groups is 1. The summed E-state index contributed by atoms with van der Waals surface area (Å²) in [6.07, 6.45) is -1.88. The van der Waals surface area contributed by atoms with Crippen LogP contribution in [0.5, 0.6) is 0 Å². The van der Waals surface area contributed by atoms with Gasteiger partial charge in [-0.2, -0.15) is 0 Å². The van der Waals surface area contributed by atoms with Crippen molar-refractivity contribution in [3.63, 3.8) is 0 Å². The number of carbonyl (C=O) groups excluding carboxylic acids is 1. The Kier molecular flexibility index (Phi) is 3.42. The summed E-state index contributed by atoms with van der Waals surface area (Å²) in [6.45, 7) is 3.03. The molecular formula is C6H12O3. The average molecular weight is 132 g/mol. The highest BCUT2D eigenvalue weighted by atomic mass is 16.3. The summed E-state index contributed by atoms with van der Waals surface area (Å²) in [7, 11) is 0. The molecule has 3 nitrogen and oxygen atoms in total. The predicted molar refractivity (Wildman–Crippen MR) is 33.0 cm³/mol. The highest BCUT2D eigenvalue weighted by molar-refractivity contribution is 5.82. The van der Waals surface area contributed by atoms with E-state index in [-0.39, 0.29) is 12.2 Å². The van der Waals surface area contributed by atoms with Crippen molar-refractivity contribution in [3.05, 3.63) is 0 Å². The zero-order valence-corrected chi connectivity index (χ0v) is 5.66. The van der Waals surface area contributed by atoms with Gasteiger partial charge in [0.05, 0.1) is 6.10 Å². The summed E-state index contributed by atoms with van der Waals surface area (Å²) in [5, 5.41) is 17.4. The van der Waals surface area contributed by atoms with E-state index in [1.54, 1.807) is 6.92 Å². The second-order valence-electron chi connectivity index (χ2n) is 2.01. The van der Waals surface area contributed by atoms with E-state index in [0.717, 1.165) is 0 Å². The van der Waals surface area contributed by atoms with Crippen LogP contribution in [0.2, 0.25) is 0 Å². The second-order valence-corrected chi connectivity index (χ2v) is 2.01. The van der Waals surface area contributed by atoms with E-state index >= 15 is 0 Å². The first-order valence-electron chi connectivity index (χ1n) is 2.98. The topological polar surface area (TPSA) is 57.5 Å². The minimum absolute atomic E-state index is 0.270. The van der Waals surface area contributed by atoms with Gasteiger partial charge in [-0.25, -0.2) is 0 Å². The van der Waals surface area contributed by atoms with E-state index in [1.165, 1.54) is 6.92 Å². The third kappa shape index (κ3) is 2.58. The monoisotopic (exact) mass is 132 g/mol. The molecule has 2 N–H and O–H groups in total. The highest BCUT2D eigenvalue weighted by Crippen LogP contribution is 1.95. The summed E-state index contributed by atoms with van der Waals surface area (Å²) in [5.74, 6) is -0.315. The molecule has 54 valence electrons. The van der Waals surface area contributed by atoms with E-state index in [0.29, 0.717) is 0 Å². The van der Waals surface area contributed by atoms with Crippen LogP contribution in [-0.2, 0) is 4.79 Å². The lowest BCUT2D eigenvalue weighted by Gasteiger charge is -2.09. The van der Waals surface area contributed by atoms with Crippen LogP contribution in [0.15, 0.2) is 0 Å². The van der Waals surface area contributed by atoms with Gasteiger partial charge in [0.1, 0.15) is 6.10 Å². The van der Waals surface area contributed by atoms with Gasteiger partial charge in [-0.1, -0.05) is 6.92 Å². The molecule has 2 atom stereocenters. The Balaban J connectivity index is 3.72. The Morgan fingerprint density at radius 1 is 1.56 bits per heavy atom. The summed E-state index contributed by atoms with van der Waals surface area (Å²) in [4.78, 5) is 10.5. The van der Waals surface area contributed by atoms with Crippen LogP contribution in [0.1, 0.15) is 20.3 Å². The predicted octanol–water partition coefficient (Wildman–Crippen LogP) is -0.293. The fourth-order valence-corrected chi connectivity index (χ4v) is 0.478. The number of ketones is 1. The van der Waals surface area contributed by atoms with Crippen molar-refractivity contribution in [1.29, 1.82) is 0 Å². The minimum atomic E-state index is -1.20. The average Bonchev–Trinajstić information content (AvgIpc) is 1.84. The molecule has 0 amide bonds. The molecule has 0 fully saturated rings. The maximum absolute atomic E-state index is 10.5. The van der Waals surface area contributed by atoms with E-state index < -0.39 is 12.2 Å². The van der Waals surface area contributed by atoms with Crippen LogP contribution < -0.4 is 0 Å². The lowest BCUT2D eigenvalue weighted by atomic mass is 10.1. The SMILES string of the molecule is CCC(=O)[C@@H](O)[C@@H](C)O. The van der Waals surface area contributed by atoms with Crippen molar-refractivity contribution in [2.45, 2.75) is 32.5 Å². The van der Waals surface area contributed by atoms with Crippen molar-refractivity contribution in [2.24, 2.45) is 0 Å². The first-order valence-corrected chi connectivity index (χ1v) is 2.98. The zero-order valence-electron chi connectivity index (χ0n) is 5.66. The van der Waals surface area contributed by atoms with Gasteiger partial charge in [-0.15, -0.1) is 0 Å². The number of aliphatic hydroxyl groups is 2. The lowest BCUT2D eigenvalue weighted by Crippen LogP contribution is -2.30. The molecule has 0 radical (unpaired) electrons. The number of hydrogen-bond donors (Lipinski definition) is 2. The van der Waals surface area contributed by atoms with Gasteiger partial charge >= 0.3 is 0 Å². The number of aliphatic hydroxyl groups excluding tert-OH is 2. The Bertz CT molecular complexity index is 98.5. The largest absolute Gasteiger partial charge is 0.390 e. The van der Waals surface area contributed by atoms with Crippen molar-refractivity contribution in [2.75, 3.05) is 0 Å². The molecule has 0 aromatic rings. The van der Waals surface area contributed by atoms with Gasteiger partial charge < -0.3 is 10.2 Å². The van der Waals surface area contributed by atoms with Crippen LogP contribution in [0.4, 0.5) is 0 Å². The molecule has 0 heterocycles. The molecule has 3 heteroatoms. The molecule has 0 spiro atoms. The van der Waals surface area contributed by atoms with Crippen LogP contribution >= 0.6 is 0 Å². The molecular weight excluding hydrogens is 120 g/mol. The van der Waals surface area contributed by atoms with Gasteiger partial charge in [-0.05, 0) is 6.92 Å². The minimum Gasteiger partial charge on any atom is -0.390 e. The Morgan fingerprint density at radius 3 is 2.11 bits per heavy atom. The Hall–Kier alpha value is -0.410. The Labute approximate surface area is 54.3 Å². The molecule has 0 aliphatic rings. The summed E-state index contributed by atoms with van der Waals surface area (Å²) < 4.78 is 0. The van der Waals surface area contributed by atoms with Crippen molar-refractivity contribution < 1.29 is 15.0 Å². The molecule has 0 bridgehead atoms. The quantitative estimate of drug-likeness (QED) is 0.554. The van der Waals surface area contributed by atoms with Crippen LogP contribution in [0.3, 0.4) is 0 Å². The fourth-order valence-electron chi connectivity index (χ4n) is 0.478. The first kappa shape index (κ1) is 8.59. The van der Waals surface area contributed by atoms with Crippen LogP contribution in [0, 0.1) is 0 Å². The van der Waals surface area contributed by atoms with Crippen molar-refractivity contribution >= 4 is 5.78 Å². The van der Waals surface area contributed by atoms with E-state index in [1.807, 2.05) is 0 Å². The molecule has 0 aromatic heterocycles.